The molecule has 1 saturated carbocycles. The van der Waals surface area contributed by atoms with Gasteiger partial charge in [-0.3, -0.25) is 4.79 Å². The van der Waals surface area contributed by atoms with Gasteiger partial charge in [0.15, 0.2) is 0 Å². The Labute approximate surface area is 138 Å². The number of benzene rings is 1. The first kappa shape index (κ1) is 18.3. The van der Waals surface area contributed by atoms with Gasteiger partial charge in [-0.1, -0.05) is 36.6 Å². The first-order chi connectivity index (χ1) is 9.40. The highest BCUT2D eigenvalue weighted by molar-refractivity contribution is 6.30. The van der Waals surface area contributed by atoms with Gasteiger partial charge < -0.3 is 10.6 Å². The molecule has 1 amide bonds. The quantitative estimate of drug-likeness (QED) is 0.919. The van der Waals surface area contributed by atoms with Crippen LogP contribution in [0.2, 0.25) is 5.02 Å². The van der Waals surface area contributed by atoms with E-state index in [2.05, 4.69) is 0 Å². The molecule has 1 aliphatic carbocycles. The van der Waals surface area contributed by atoms with Crippen LogP contribution in [0.25, 0.3) is 0 Å². The molecule has 0 saturated heterocycles. The van der Waals surface area contributed by atoms with Crippen molar-refractivity contribution < 1.29 is 4.79 Å². The largest absolute Gasteiger partial charge is 0.341 e. The second-order valence-electron chi connectivity index (χ2n) is 6.13. The normalized spacial score (nSPS) is 25.0. The van der Waals surface area contributed by atoms with Crippen molar-refractivity contribution >= 4 is 29.9 Å². The van der Waals surface area contributed by atoms with Crippen molar-refractivity contribution in [3.8, 4) is 0 Å². The number of amides is 1. The van der Waals surface area contributed by atoms with Gasteiger partial charge in [0.05, 0.1) is 5.92 Å². The Morgan fingerprint density at radius 2 is 2.19 bits per heavy atom. The lowest BCUT2D eigenvalue weighted by Gasteiger charge is -2.39. The van der Waals surface area contributed by atoms with E-state index in [0.717, 1.165) is 31.2 Å². The lowest BCUT2D eigenvalue weighted by Crippen LogP contribution is -2.53. The first-order valence-corrected chi connectivity index (χ1v) is 7.56. The Morgan fingerprint density at radius 3 is 2.81 bits per heavy atom. The van der Waals surface area contributed by atoms with Crippen LogP contribution < -0.4 is 5.73 Å². The number of rotatable bonds is 3. The van der Waals surface area contributed by atoms with Crippen LogP contribution in [0.1, 0.15) is 38.2 Å². The van der Waals surface area contributed by atoms with Crippen molar-refractivity contribution in [1.29, 1.82) is 0 Å². The SMILES string of the molecule is CN(Cc1cccc(Cl)c1)C(=O)C1CCCCC1(C)N.Cl. The van der Waals surface area contributed by atoms with Crippen molar-refractivity contribution in [2.75, 3.05) is 7.05 Å². The van der Waals surface area contributed by atoms with Gasteiger partial charge in [-0.05, 0) is 37.5 Å². The summed E-state index contributed by atoms with van der Waals surface area (Å²) >= 11 is 5.98. The summed E-state index contributed by atoms with van der Waals surface area (Å²) in [5.74, 6) is 0.0788. The molecule has 118 valence electrons. The van der Waals surface area contributed by atoms with Crippen molar-refractivity contribution in [3.63, 3.8) is 0 Å². The maximum absolute atomic E-state index is 12.6. The molecule has 2 rings (SSSR count). The molecule has 0 aromatic heterocycles. The molecule has 2 unspecified atom stereocenters. The smallest absolute Gasteiger partial charge is 0.227 e. The summed E-state index contributed by atoms with van der Waals surface area (Å²) in [5, 5.41) is 0.699. The number of halogens is 2. The maximum atomic E-state index is 12.6. The molecule has 1 aromatic carbocycles. The molecule has 21 heavy (non-hydrogen) atoms. The predicted molar refractivity (Wildman–Crippen MR) is 89.7 cm³/mol. The van der Waals surface area contributed by atoms with Gasteiger partial charge in [-0.2, -0.15) is 0 Å². The van der Waals surface area contributed by atoms with Gasteiger partial charge in [0, 0.05) is 24.2 Å². The molecule has 0 heterocycles. The molecule has 3 nitrogen and oxygen atoms in total. The summed E-state index contributed by atoms with van der Waals surface area (Å²) in [6, 6.07) is 7.63. The number of nitrogens with zero attached hydrogens (tertiary/aromatic N) is 1. The Kier molecular flexibility index (Phi) is 6.51. The van der Waals surface area contributed by atoms with E-state index < -0.39 is 0 Å². The fourth-order valence-electron chi connectivity index (χ4n) is 3.02. The topological polar surface area (TPSA) is 46.3 Å². The highest BCUT2D eigenvalue weighted by Gasteiger charge is 2.38. The van der Waals surface area contributed by atoms with Crippen LogP contribution in [0.15, 0.2) is 24.3 Å². The number of hydrogen-bond acceptors (Lipinski definition) is 2. The van der Waals surface area contributed by atoms with Crippen LogP contribution in [0, 0.1) is 5.92 Å². The minimum Gasteiger partial charge on any atom is -0.341 e. The van der Waals surface area contributed by atoms with Crippen molar-refractivity contribution in [2.45, 2.75) is 44.7 Å². The summed E-state index contributed by atoms with van der Waals surface area (Å²) in [4.78, 5) is 14.4. The molecule has 0 radical (unpaired) electrons. The molecule has 2 atom stereocenters. The average molecular weight is 331 g/mol. The number of nitrogens with two attached hydrogens (primary N) is 1. The van der Waals surface area contributed by atoms with Gasteiger partial charge in [0.25, 0.3) is 0 Å². The third-order valence-corrected chi connectivity index (χ3v) is 4.47. The maximum Gasteiger partial charge on any atom is 0.227 e. The van der Waals surface area contributed by atoms with E-state index in [1.54, 1.807) is 4.90 Å². The monoisotopic (exact) mass is 330 g/mol. The van der Waals surface area contributed by atoms with Gasteiger partial charge in [-0.15, -0.1) is 12.4 Å². The van der Waals surface area contributed by atoms with Crippen LogP contribution >= 0.6 is 24.0 Å². The summed E-state index contributed by atoms with van der Waals surface area (Å²) in [5.41, 5.74) is 6.98. The molecule has 1 aliphatic rings. The molecular formula is C16H24Cl2N2O. The van der Waals surface area contributed by atoms with E-state index in [1.807, 2.05) is 38.2 Å². The lowest BCUT2D eigenvalue weighted by atomic mass is 9.74. The van der Waals surface area contributed by atoms with Crippen LogP contribution in [-0.4, -0.2) is 23.4 Å². The zero-order valence-electron chi connectivity index (χ0n) is 12.6. The van der Waals surface area contributed by atoms with Crippen LogP contribution in [0.4, 0.5) is 0 Å². The van der Waals surface area contributed by atoms with E-state index >= 15 is 0 Å². The van der Waals surface area contributed by atoms with Gasteiger partial charge in [0.1, 0.15) is 0 Å². The number of carbonyl (C=O) groups excluding carboxylic acids is 1. The minimum atomic E-state index is -0.377. The van der Waals surface area contributed by atoms with Crippen molar-refractivity contribution in [3.05, 3.63) is 34.9 Å². The Balaban J connectivity index is 0.00000220. The zero-order valence-corrected chi connectivity index (χ0v) is 14.2. The summed E-state index contributed by atoms with van der Waals surface area (Å²) < 4.78 is 0. The molecule has 0 bridgehead atoms. The Bertz CT molecular complexity index is 491. The van der Waals surface area contributed by atoms with Gasteiger partial charge in [0.2, 0.25) is 5.91 Å². The first-order valence-electron chi connectivity index (χ1n) is 7.18. The van der Waals surface area contributed by atoms with Crippen molar-refractivity contribution in [1.82, 2.24) is 4.90 Å². The zero-order chi connectivity index (χ0) is 14.8. The number of carbonyl (C=O) groups is 1. The Morgan fingerprint density at radius 1 is 1.48 bits per heavy atom. The van der Waals surface area contributed by atoms with Crippen LogP contribution in [-0.2, 0) is 11.3 Å². The predicted octanol–water partition coefficient (Wildman–Crippen LogP) is 3.63. The minimum absolute atomic E-state index is 0. The fraction of sp³-hybridized carbons (Fsp3) is 0.562. The average Bonchev–Trinajstić information content (AvgIpc) is 2.37. The third-order valence-electron chi connectivity index (χ3n) is 4.24. The summed E-state index contributed by atoms with van der Waals surface area (Å²) in [7, 11) is 1.84. The Hall–Kier alpha value is -0.770. The number of hydrogen-bond donors (Lipinski definition) is 1. The molecule has 1 fully saturated rings. The summed E-state index contributed by atoms with van der Waals surface area (Å²) in [6.45, 7) is 2.58. The lowest BCUT2D eigenvalue weighted by molar-refractivity contribution is -0.138. The molecular weight excluding hydrogens is 307 g/mol. The van der Waals surface area contributed by atoms with E-state index in [1.165, 1.54) is 0 Å². The molecule has 5 heteroatoms. The van der Waals surface area contributed by atoms with E-state index in [-0.39, 0.29) is 29.8 Å². The third kappa shape index (κ3) is 4.60. The van der Waals surface area contributed by atoms with Gasteiger partial charge >= 0.3 is 0 Å². The van der Waals surface area contributed by atoms with E-state index in [0.29, 0.717) is 11.6 Å². The second kappa shape index (κ2) is 7.48. The highest BCUT2D eigenvalue weighted by Crippen LogP contribution is 2.33. The molecule has 2 N–H and O–H groups in total. The van der Waals surface area contributed by atoms with E-state index in [4.69, 9.17) is 17.3 Å². The molecule has 1 aromatic rings. The second-order valence-corrected chi connectivity index (χ2v) is 6.56. The fourth-order valence-corrected chi connectivity index (χ4v) is 3.23. The van der Waals surface area contributed by atoms with Crippen LogP contribution in [0.5, 0.6) is 0 Å². The highest BCUT2D eigenvalue weighted by atomic mass is 35.5. The summed E-state index contributed by atoms with van der Waals surface area (Å²) in [6.07, 6.45) is 4.03. The molecule has 0 aliphatic heterocycles. The van der Waals surface area contributed by atoms with E-state index in [9.17, 15) is 4.79 Å². The molecule has 0 spiro atoms. The van der Waals surface area contributed by atoms with Gasteiger partial charge in [-0.25, -0.2) is 0 Å². The standard InChI is InChI=1S/C16H23ClN2O.ClH/c1-16(18)9-4-3-8-14(16)15(20)19(2)11-12-6-5-7-13(17)10-12;/h5-7,10,14H,3-4,8-9,11,18H2,1-2H3;1H. The van der Waals surface area contributed by atoms with Crippen LogP contribution in [0.3, 0.4) is 0 Å². The van der Waals surface area contributed by atoms with Crippen molar-refractivity contribution in [2.24, 2.45) is 11.7 Å².